The second-order valence-electron chi connectivity index (χ2n) is 8.63. The number of methoxy groups -OCH3 is 1. The molecule has 6 atom stereocenters. The number of nitrogens with one attached hydrogen (secondary N) is 2. The first-order valence-electron chi connectivity index (χ1n) is 11.6. The molecular formula is C23H31ClN3O9P. The maximum absolute atomic E-state index is 13.7. The maximum atomic E-state index is 13.7. The van der Waals surface area contributed by atoms with Crippen LogP contribution in [0.4, 0.5) is 0 Å². The van der Waals surface area contributed by atoms with Crippen LogP contribution in [0, 0.1) is 5.92 Å². The van der Waals surface area contributed by atoms with Gasteiger partial charge >= 0.3 is 19.4 Å². The van der Waals surface area contributed by atoms with Crippen molar-refractivity contribution in [3.8, 4) is 5.75 Å². The van der Waals surface area contributed by atoms with Gasteiger partial charge < -0.3 is 18.7 Å². The van der Waals surface area contributed by atoms with Gasteiger partial charge in [-0.05, 0) is 32.4 Å². The lowest BCUT2D eigenvalue weighted by atomic mass is 10.2. The third-order valence-corrected chi connectivity index (χ3v) is 7.42. The number of H-pyrrole nitrogens is 1. The van der Waals surface area contributed by atoms with Crippen molar-refractivity contribution in [3.63, 3.8) is 0 Å². The van der Waals surface area contributed by atoms with Crippen LogP contribution in [0.15, 0.2) is 52.2 Å². The number of esters is 1. The van der Waals surface area contributed by atoms with Gasteiger partial charge in [-0.25, -0.2) is 14.4 Å². The van der Waals surface area contributed by atoms with Crippen LogP contribution in [-0.2, 0) is 28.1 Å². The van der Waals surface area contributed by atoms with E-state index in [1.165, 1.54) is 23.9 Å². The molecule has 1 fully saturated rings. The van der Waals surface area contributed by atoms with Gasteiger partial charge in [-0.3, -0.25) is 23.7 Å². The highest BCUT2D eigenvalue weighted by Gasteiger charge is 2.38. The van der Waals surface area contributed by atoms with Gasteiger partial charge in [0.2, 0.25) is 0 Å². The molecule has 204 valence electrons. The fourth-order valence-electron chi connectivity index (χ4n) is 3.55. The number of benzene rings is 1. The molecule has 14 heteroatoms. The molecule has 2 aromatic rings. The van der Waals surface area contributed by atoms with E-state index in [0.717, 1.165) is 0 Å². The van der Waals surface area contributed by atoms with Crippen molar-refractivity contribution < 1.29 is 32.6 Å². The van der Waals surface area contributed by atoms with Crippen LogP contribution in [0.3, 0.4) is 0 Å². The predicted octanol–water partition coefficient (Wildman–Crippen LogP) is 2.44. The molecule has 3 rings (SSSR count). The molecule has 1 saturated heterocycles. The Labute approximate surface area is 218 Å². The zero-order valence-corrected chi connectivity index (χ0v) is 22.4. The van der Waals surface area contributed by atoms with Crippen molar-refractivity contribution >= 4 is 25.3 Å². The Morgan fingerprint density at radius 2 is 1.97 bits per heavy atom. The summed E-state index contributed by atoms with van der Waals surface area (Å²) in [5.74, 6) is -0.602. The van der Waals surface area contributed by atoms with Crippen molar-refractivity contribution in [2.45, 2.75) is 44.0 Å². The number of para-hydroxylation sites is 1. The molecule has 2 heterocycles. The Morgan fingerprint density at radius 1 is 1.24 bits per heavy atom. The van der Waals surface area contributed by atoms with Gasteiger partial charge in [0.15, 0.2) is 6.23 Å². The van der Waals surface area contributed by atoms with Crippen molar-refractivity contribution in [1.82, 2.24) is 14.6 Å². The lowest BCUT2D eigenvalue weighted by Gasteiger charge is -2.25. The summed E-state index contributed by atoms with van der Waals surface area (Å²) in [5.41, 5.74) is -1.20. The largest absolute Gasteiger partial charge is 0.464 e. The number of alkyl halides is 1. The average Bonchev–Trinajstić information content (AvgIpc) is 3.22. The predicted molar refractivity (Wildman–Crippen MR) is 135 cm³/mol. The number of carbonyl (C=O) groups is 1. The molecule has 0 aliphatic carbocycles. The van der Waals surface area contributed by atoms with E-state index < -0.39 is 54.6 Å². The first-order valence-corrected chi connectivity index (χ1v) is 13.6. The highest BCUT2D eigenvalue weighted by molar-refractivity contribution is 7.52. The second kappa shape index (κ2) is 13.4. The van der Waals surface area contributed by atoms with Gasteiger partial charge in [0.25, 0.3) is 5.56 Å². The lowest BCUT2D eigenvalue weighted by molar-refractivity contribution is -0.150. The number of nitrogens with zero attached hydrogens (tertiary/aromatic N) is 1. The molecule has 2 N–H and O–H groups in total. The number of ether oxygens (including phenoxy) is 3. The normalized spacial score (nSPS) is 22.6. The second-order valence-corrected chi connectivity index (χ2v) is 10.9. The van der Waals surface area contributed by atoms with Crippen molar-refractivity contribution in [2.24, 2.45) is 5.92 Å². The smallest absolute Gasteiger partial charge is 0.459 e. The van der Waals surface area contributed by atoms with Gasteiger partial charge in [0.1, 0.15) is 12.4 Å². The Kier molecular flexibility index (Phi) is 10.5. The summed E-state index contributed by atoms with van der Waals surface area (Å²) in [7, 11) is -2.49. The molecule has 0 radical (unpaired) electrons. The van der Waals surface area contributed by atoms with Gasteiger partial charge in [0, 0.05) is 25.4 Å². The SMILES string of the molecule is COCC(C)C(=O)OC[C@H](C)NP(=O)(OC[C@@H]1C[C@H](Cl)[C@H](n2ccc(=O)[nH]c2=O)O1)Oc1ccccc1. The van der Waals surface area contributed by atoms with Crippen LogP contribution < -0.4 is 20.9 Å². The average molecular weight is 560 g/mol. The molecule has 1 aliphatic rings. The summed E-state index contributed by atoms with van der Waals surface area (Å²) in [6, 6.07) is 9.04. The van der Waals surface area contributed by atoms with Crippen LogP contribution in [0.25, 0.3) is 0 Å². The highest BCUT2D eigenvalue weighted by atomic mass is 35.5. The number of aromatic nitrogens is 2. The van der Waals surface area contributed by atoms with Crippen LogP contribution in [0.5, 0.6) is 5.75 Å². The summed E-state index contributed by atoms with van der Waals surface area (Å²) in [6.45, 7) is 3.30. The van der Waals surface area contributed by atoms with Crippen molar-refractivity contribution in [1.29, 1.82) is 0 Å². The van der Waals surface area contributed by atoms with Gasteiger partial charge in [0.05, 0.1) is 30.6 Å². The van der Waals surface area contributed by atoms with E-state index in [-0.39, 0.29) is 26.2 Å². The van der Waals surface area contributed by atoms with Crippen LogP contribution in [-0.4, -0.2) is 60.0 Å². The molecule has 1 aromatic heterocycles. The number of carbonyl (C=O) groups excluding carboxylic acids is 1. The molecule has 0 spiro atoms. The molecule has 1 aromatic carbocycles. The number of aromatic amines is 1. The van der Waals surface area contributed by atoms with E-state index in [4.69, 9.17) is 34.9 Å². The van der Waals surface area contributed by atoms with E-state index in [0.29, 0.717) is 5.75 Å². The minimum Gasteiger partial charge on any atom is -0.464 e. The standard InChI is InChI=1S/C23H31ClN3O9P/c1-15(12-32-3)22(29)33-13-16(2)26-37(31,36-17-7-5-4-6-8-17)34-14-18-11-19(24)21(35-18)27-10-9-20(28)25-23(27)30/h4-10,15-16,18-19,21H,11-14H2,1-3H3,(H,26,31)(H,25,28,30)/t15?,16-,18-,19-,21+,37?/m0/s1. The first kappa shape index (κ1) is 29.1. The quantitative estimate of drug-likeness (QED) is 0.213. The van der Waals surface area contributed by atoms with Gasteiger partial charge in [-0.15, -0.1) is 11.6 Å². The molecule has 12 nitrogen and oxygen atoms in total. The van der Waals surface area contributed by atoms with Crippen LogP contribution in [0.2, 0.25) is 0 Å². The van der Waals surface area contributed by atoms with Crippen molar-refractivity contribution in [3.05, 3.63) is 63.4 Å². The van der Waals surface area contributed by atoms with E-state index >= 15 is 0 Å². The van der Waals surface area contributed by atoms with E-state index in [1.54, 1.807) is 44.2 Å². The van der Waals surface area contributed by atoms with E-state index in [2.05, 4.69) is 10.1 Å². The minimum atomic E-state index is -3.98. The van der Waals surface area contributed by atoms with Crippen LogP contribution >= 0.6 is 19.3 Å². The van der Waals surface area contributed by atoms with Crippen molar-refractivity contribution in [2.75, 3.05) is 26.9 Å². The molecule has 0 bridgehead atoms. The third kappa shape index (κ3) is 8.53. The number of hydrogen-bond donors (Lipinski definition) is 2. The minimum absolute atomic E-state index is 0.0841. The number of rotatable bonds is 13. The Morgan fingerprint density at radius 3 is 2.65 bits per heavy atom. The topological polar surface area (TPSA) is 147 Å². The molecule has 0 amide bonds. The van der Waals surface area contributed by atoms with E-state index in [9.17, 15) is 18.9 Å². The Balaban J connectivity index is 1.64. The number of hydrogen-bond acceptors (Lipinski definition) is 9. The van der Waals surface area contributed by atoms with E-state index in [1.807, 2.05) is 0 Å². The maximum Gasteiger partial charge on any atom is 0.459 e. The first-order chi connectivity index (χ1) is 17.6. The fraction of sp³-hybridized carbons (Fsp3) is 0.522. The molecule has 0 saturated carbocycles. The molecule has 2 unspecified atom stereocenters. The molecular weight excluding hydrogens is 529 g/mol. The zero-order chi connectivity index (χ0) is 27.0. The Bertz CT molecular complexity index is 1190. The zero-order valence-electron chi connectivity index (χ0n) is 20.7. The van der Waals surface area contributed by atoms with Gasteiger partial charge in [-0.2, -0.15) is 0 Å². The summed E-state index contributed by atoms with van der Waals surface area (Å²) in [6.07, 6.45) is 0.109. The highest BCUT2D eigenvalue weighted by Crippen LogP contribution is 2.46. The molecule has 37 heavy (non-hydrogen) atoms. The number of halogens is 1. The monoisotopic (exact) mass is 559 g/mol. The van der Waals surface area contributed by atoms with Crippen LogP contribution in [0.1, 0.15) is 26.5 Å². The van der Waals surface area contributed by atoms with Gasteiger partial charge in [-0.1, -0.05) is 18.2 Å². The molecule has 1 aliphatic heterocycles. The summed E-state index contributed by atoms with van der Waals surface area (Å²) in [5, 5.41) is 2.18. The fourth-order valence-corrected chi connectivity index (χ4v) is 5.48. The third-order valence-electron chi connectivity index (χ3n) is 5.33. The summed E-state index contributed by atoms with van der Waals surface area (Å²) < 4.78 is 42.3. The Hall–Kier alpha value is -2.47. The summed E-state index contributed by atoms with van der Waals surface area (Å²) in [4.78, 5) is 37.7. The summed E-state index contributed by atoms with van der Waals surface area (Å²) >= 11 is 6.40. The lowest BCUT2D eigenvalue weighted by Crippen LogP contribution is -2.34.